The van der Waals surface area contributed by atoms with E-state index in [0.717, 1.165) is 53.5 Å². The van der Waals surface area contributed by atoms with E-state index in [0.29, 0.717) is 18.8 Å². The van der Waals surface area contributed by atoms with Crippen LogP contribution in [-0.4, -0.2) is 41.4 Å². The molecule has 3 aromatic rings. The van der Waals surface area contributed by atoms with Crippen LogP contribution in [0.25, 0.3) is 10.8 Å². The van der Waals surface area contributed by atoms with Crippen LogP contribution < -0.4 is 10.6 Å². The van der Waals surface area contributed by atoms with Crippen molar-refractivity contribution >= 4 is 22.8 Å². The van der Waals surface area contributed by atoms with Crippen molar-refractivity contribution in [3.8, 4) is 0 Å². The average Bonchev–Trinajstić information content (AvgIpc) is 2.95. The van der Waals surface area contributed by atoms with Gasteiger partial charge in [-0.2, -0.15) is 0 Å². The molecule has 212 valence electrons. The van der Waals surface area contributed by atoms with Crippen molar-refractivity contribution in [1.29, 1.82) is 0 Å². The quantitative estimate of drug-likeness (QED) is 0.315. The maximum Gasteiger partial charge on any atom is 0.408 e. The zero-order valence-electron chi connectivity index (χ0n) is 23.5. The van der Waals surface area contributed by atoms with E-state index in [1.165, 1.54) is 12.8 Å². The van der Waals surface area contributed by atoms with Crippen LogP contribution in [0.5, 0.6) is 0 Å². The third kappa shape index (κ3) is 7.22. The van der Waals surface area contributed by atoms with Gasteiger partial charge in [-0.25, -0.2) is 4.79 Å². The Morgan fingerprint density at radius 3 is 2.48 bits per heavy atom. The minimum Gasteiger partial charge on any atom is -0.446 e. The second-order valence-electron chi connectivity index (χ2n) is 11.7. The molecule has 0 aliphatic heterocycles. The Labute approximate surface area is 238 Å². The SMILES string of the molecule is CC(Cc1ccc2ccccc2c1)(NC(=O)OC1CCC2CCCC1C2)C(=O)NC(CO)Cc1ccccc1.[CH2]. The van der Waals surface area contributed by atoms with E-state index >= 15 is 0 Å². The molecule has 40 heavy (non-hydrogen) atoms. The number of alkyl carbamates (subject to hydrolysis) is 1. The highest BCUT2D eigenvalue weighted by atomic mass is 16.6. The average molecular weight is 543 g/mol. The van der Waals surface area contributed by atoms with Crippen molar-refractivity contribution in [2.45, 2.75) is 76.0 Å². The molecule has 5 atom stereocenters. The lowest BCUT2D eigenvalue weighted by molar-refractivity contribution is -0.128. The van der Waals surface area contributed by atoms with Crippen LogP contribution in [0, 0.1) is 19.3 Å². The number of hydrogen-bond donors (Lipinski definition) is 3. The first-order valence-electron chi connectivity index (χ1n) is 14.3. The van der Waals surface area contributed by atoms with Crippen molar-refractivity contribution in [1.82, 2.24) is 10.6 Å². The van der Waals surface area contributed by atoms with Crippen molar-refractivity contribution in [3.63, 3.8) is 0 Å². The van der Waals surface area contributed by atoms with E-state index in [1.54, 1.807) is 6.92 Å². The zero-order chi connectivity index (χ0) is 27.2. The third-order valence-corrected chi connectivity index (χ3v) is 8.60. The maximum atomic E-state index is 13.8. The summed E-state index contributed by atoms with van der Waals surface area (Å²) in [4.78, 5) is 27.1. The fourth-order valence-corrected chi connectivity index (χ4v) is 6.46. The number of amides is 2. The van der Waals surface area contributed by atoms with E-state index in [-0.39, 0.29) is 26.0 Å². The van der Waals surface area contributed by atoms with Crippen LogP contribution in [0.4, 0.5) is 4.79 Å². The van der Waals surface area contributed by atoms with Gasteiger partial charge in [0.2, 0.25) is 5.91 Å². The topological polar surface area (TPSA) is 87.7 Å². The summed E-state index contributed by atoms with van der Waals surface area (Å²) < 4.78 is 5.98. The number of rotatable bonds is 9. The largest absolute Gasteiger partial charge is 0.446 e. The second-order valence-corrected chi connectivity index (χ2v) is 11.7. The van der Waals surface area contributed by atoms with Gasteiger partial charge in [-0.05, 0) is 72.8 Å². The first-order valence-corrected chi connectivity index (χ1v) is 14.3. The Bertz CT molecular complexity index is 1280. The van der Waals surface area contributed by atoms with E-state index in [9.17, 15) is 14.7 Å². The van der Waals surface area contributed by atoms with Gasteiger partial charge in [-0.3, -0.25) is 4.79 Å². The van der Waals surface area contributed by atoms with Crippen LogP contribution in [0.15, 0.2) is 72.8 Å². The number of nitrogens with one attached hydrogen (secondary N) is 2. The molecule has 2 aliphatic rings. The number of carbonyl (C=O) groups excluding carboxylic acids is 2. The number of carbonyl (C=O) groups is 2. The molecule has 5 unspecified atom stereocenters. The number of ether oxygens (including phenoxy) is 1. The standard InChI is InChI=1S/C33H40N2O4.CH2/c1-33(21-25-14-16-26-11-5-6-12-27(26)19-25,31(37)34-29(22-36)20-23-8-3-2-4-9-23)35-32(38)39-30-17-15-24-10-7-13-28(30)18-24;/h2-6,8-9,11-12,14,16,19,24,28-30,36H,7,10,13,15,17-18,20-22H2,1H3,(H,34,37)(H,35,38);1H2. The molecule has 2 aliphatic carbocycles. The molecule has 3 N–H and O–H groups in total. The van der Waals surface area contributed by atoms with Gasteiger partial charge in [0.25, 0.3) is 0 Å². The lowest BCUT2D eigenvalue weighted by Gasteiger charge is -2.40. The number of hydrogen-bond acceptors (Lipinski definition) is 4. The molecule has 0 spiro atoms. The normalized spacial score (nSPS) is 22.3. The Kier molecular flexibility index (Phi) is 9.85. The molecule has 6 nitrogen and oxygen atoms in total. The molecule has 0 aromatic heterocycles. The molecule has 0 saturated heterocycles. The summed E-state index contributed by atoms with van der Waals surface area (Å²) in [7, 11) is 0. The van der Waals surface area contributed by atoms with Crippen LogP contribution in [0.3, 0.4) is 0 Å². The predicted octanol–water partition coefficient (Wildman–Crippen LogP) is 5.88. The Morgan fingerprint density at radius 2 is 1.70 bits per heavy atom. The van der Waals surface area contributed by atoms with Crippen molar-refractivity contribution in [2.24, 2.45) is 11.8 Å². The molecule has 2 bridgehead atoms. The zero-order valence-corrected chi connectivity index (χ0v) is 23.5. The molecule has 2 amide bonds. The molecule has 2 fully saturated rings. The highest BCUT2D eigenvalue weighted by Gasteiger charge is 2.40. The van der Waals surface area contributed by atoms with Gasteiger partial charge < -0.3 is 20.5 Å². The van der Waals surface area contributed by atoms with Gasteiger partial charge in [-0.15, -0.1) is 0 Å². The minimum absolute atomic E-state index is 0. The molecule has 2 saturated carbocycles. The molecule has 0 heterocycles. The first-order chi connectivity index (χ1) is 18.9. The summed E-state index contributed by atoms with van der Waals surface area (Å²) in [5.74, 6) is 0.827. The fraction of sp³-hybridized carbons (Fsp3) is 0.441. The maximum absolute atomic E-state index is 13.8. The molecular weight excluding hydrogens is 500 g/mol. The van der Waals surface area contributed by atoms with Gasteiger partial charge in [0, 0.05) is 6.42 Å². The third-order valence-electron chi connectivity index (χ3n) is 8.60. The van der Waals surface area contributed by atoms with Crippen LogP contribution >= 0.6 is 0 Å². The Hall–Kier alpha value is -3.38. The van der Waals surface area contributed by atoms with E-state index < -0.39 is 17.7 Å². The van der Waals surface area contributed by atoms with Gasteiger partial charge in [-0.1, -0.05) is 93.1 Å². The number of aliphatic hydroxyl groups is 1. The smallest absolute Gasteiger partial charge is 0.408 e. The number of benzene rings is 3. The number of fused-ring (bicyclic) bond motifs is 3. The lowest BCUT2D eigenvalue weighted by atomic mass is 9.71. The van der Waals surface area contributed by atoms with Gasteiger partial charge >= 0.3 is 6.09 Å². The molecular formula is C34H42N2O4. The van der Waals surface area contributed by atoms with Gasteiger partial charge in [0.1, 0.15) is 11.6 Å². The monoisotopic (exact) mass is 542 g/mol. The highest BCUT2D eigenvalue weighted by Crippen LogP contribution is 2.41. The summed E-state index contributed by atoms with van der Waals surface area (Å²) in [5.41, 5.74) is 0.680. The Balaban J connectivity index is 0.00000370. The van der Waals surface area contributed by atoms with Crippen molar-refractivity contribution < 1.29 is 19.4 Å². The highest BCUT2D eigenvalue weighted by molar-refractivity contribution is 5.90. The second kappa shape index (κ2) is 13.3. The van der Waals surface area contributed by atoms with E-state index in [1.807, 2.05) is 60.7 Å². The van der Waals surface area contributed by atoms with Crippen molar-refractivity contribution in [2.75, 3.05) is 6.61 Å². The van der Waals surface area contributed by atoms with Crippen molar-refractivity contribution in [3.05, 3.63) is 91.3 Å². The predicted molar refractivity (Wildman–Crippen MR) is 159 cm³/mol. The van der Waals surface area contributed by atoms with E-state index in [4.69, 9.17) is 4.74 Å². The number of aliphatic hydroxyl groups excluding tert-OH is 1. The molecule has 2 radical (unpaired) electrons. The van der Waals surface area contributed by atoms with Gasteiger partial charge in [0.05, 0.1) is 12.6 Å². The summed E-state index contributed by atoms with van der Waals surface area (Å²) in [5, 5.41) is 18.2. The summed E-state index contributed by atoms with van der Waals surface area (Å²) in [6.07, 6.45) is 6.83. The molecule has 3 aromatic carbocycles. The minimum atomic E-state index is -1.27. The van der Waals surface area contributed by atoms with E-state index in [2.05, 4.69) is 22.8 Å². The summed E-state index contributed by atoms with van der Waals surface area (Å²) in [6, 6.07) is 23.4. The first kappa shape index (κ1) is 29.6. The molecule has 6 heteroatoms. The van der Waals surface area contributed by atoms with Crippen LogP contribution in [0.2, 0.25) is 0 Å². The van der Waals surface area contributed by atoms with Crippen LogP contribution in [0.1, 0.15) is 56.6 Å². The fourth-order valence-electron chi connectivity index (χ4n) is 6.46. The summed E-state index contributed by atoms with van der Waals surface area (Å²) >= 11 is 0. The van der Waals surface area contributed by atoms with Gasteiger partial charge in [0.15, 0.2) is 0 Å². The summed E-state index contributed by atoms with van der Waals surface area (Å²) in [6.45, 7) is 1.54. The van der Waals surface area contributed by atoms with Crippen LogP contribution in [-0.2, 0) is 22.4 Å². The lowest BCUT2D eigenvalue weighted by Crippen LogP contribution is -2.61. The molecule has 5 rings (SSSR count). The Morgan fingerprint density at radius 1 is 0.950 bits per heavy atom.